The van der Waals surface area contributed by atoms with Crippen LogP contribution in [-0.4, -0.2) is 242 Å². The second-order valence-electron chi connectivity index (χ2n) is 11.1. The SMILES string of the molecule is O.O.OC[C@H]1O[C@H](O[C@H]2O[C@H](CO)[C@@H](O)[C@H](O)[C@H]2O)[C@H](O)[C@@H](O)[C@@H]1O.OC[C@H]1O[C@H](O[C@H]2O[C@H](CO)[C@@H](O)[C@H](O)[C@H]2O)[C@H](O)[C@@H](O)[C@@H]1O. The highest BCUT2D eigenvalue weighted by molar-refractivity contribution is 4.93. The van der Waals surface area contributed by atoms with E-state index in [2.05, 4.69) is 0 Å². The van der Waals surface area contributed by atoms with E-state index < -0.39 is 149 Å². The summed E-state index contributed by atoms with van der Waals surface area (Å²) in [6.45, 7) is -2.67. The first kappa shape index (κ1) is 45.1. The molecule has 4 fully saturated rings. The van der Waals surface area contributed by atoms with Gasteiger partial charge in [-0.25, -0.2) is 0 Å². The molecule has 4 aliphatic heterocycles. The average Bonchev–Trinajstić information content (AvgIpc) is 3.05. The molecule has 4 aliphatic rings. The molecule has 0 aromatic heterocycles. The van der Waals surface area contributed by atoms with E-state index in [1.54, 1.807) is 0 Å². The van der Waals surface area contributed by atoms with Crippen LogP contribution in [-0.2, 0) is 28.4 Å². The molecule has 24 heteroatoms. The van der Waals surface area contributed by atoms with Crippen LogP contribution < -0.4 is 0 Å². The zero-order valence-electron chi connectivity index (χ0n) is 25.0. The van der Waals surface area contributed by atoms with Gasteiger partial charge in [0.15, 0.2) is 25.2 Å². The highest BCUT2D eigenvalue weighted by Crippen LogP contribution is 2.29. The molecule has 48 heavy (non-hydrogen) atoms. The van der Waals surface area contributed by atoms with Crippen LogP contribution in [0.1, 0.15) is 0 Å². The van der Waals surface area contributed by atoms with Gasteiger partial charge in [-0.3, -0.25) is 0 Å². The van der Waals surface area contributed by atoms with E-state index in [9.17, 15) is 61.3 Å². The maximum atomic E-state index is 9.84. The summed E-state index contributed by atoms with van der Waals surface area (Å²) >= 11 is 0. The van der Waals surface area contributed by atoms with Crippen LogP contribution in [0, 0.1) is 0 Å². The third-order valence-corrected chi connectivity index (χ3v) is 7.93. The summed E-state index contributed by atoms with van der Waals surface area (Å²) in [5.74, 6) is 0. The Bertz CT molecular complexity index is 760. The maximum absolute atomic E-state index is 9.84. The second-order valence-corrected chi connectivity index (χ2v) is 11.1. The quantitative estimate of drug-likeness (QED) is 0.111. The number of rotatable bonds is 8. The van der Waals surface area contributed by atoms with E-state index in [-0.39, 0.29) is 11.0 Å². The Balaban J connectivity index is 0.000000461. The lowest BCUT2D eigenvalue weighted by molar-refractivity contribution is -0.376. The van der Waals surface area contributed by atoms with Gasteiger partial charge in [0.1, 0.15) is 97.7 Å². The minimum absolute atomic E-state index is 0. The number of aliphatic hydroxyl groups is 16. The molecule has 0 bridgehead atoms. The molecule has 288 valence electrons. The summed E-state index contributed by atoms with van der Waals surface area (Å²) in [6, 6.07) is 0. The van der Waals surface area contributed by atoms with Crippen molar-refractivity contribution in [3.05, 3.63) is 0 Å². The summed E-state index contributed by atoms with van der Waals surface area (Å²) in [4.78, 5) is 0. The Morgan fingerprint density at radius 1 is 0.292 bits per heavy atom. The van der Waals surface area contributed by atoms with Crippen molar-refractivity contribution in [1.82, 2.24) is 0 Å². The molecule has 0 unspecified atom stereocenters. The Labute approximate surface area is 270 Å². The fourth-order valence-electron chi connectivity index (χ4n) is 4.98. The summed E-state index contributed by atoms with van der Waals surface area (Å²) in [7, 11) is 0. The fraction of sp³-hybridized carbons (Fsp3) is 1.00. The van der Waals surface area contributed by atoms with Crippen molar-refractivity contribution in [2.45, 2.75) is 123 Å². The van der Waals surface area contributed by atoms with E-state index >= 15 is 0 Å². The molecule has 0 aromatic rings. The van der Waals surface area contributed by atoms with Crippen molar-refractivity contribution >= 4 is 0 Å². The minimum atomic E-state index is -1.72. The van der Waals surface area contributed by atoms with Crippen molar-refractivity contribution < 1.29 is 121 Å². The van der Waals surface area contributed by atoms with Crippen LogP contribution in [0.15, 0.2) is 0 Å². The van der Waals surface area contributed by atoms with E-state index in [1.807, 2.05) is 0 Å². The van der Waals surface area contributed by atoms with E-state index in [4.69, 9.17) is 48.8 Å². The Morgan fingerprint density at radius 3 is 0.604 bits per heavy atom. The molecule has 24 nitrogen and oxygen atoms in total. The molecule has 4 rings (SSSR count). The third kappa shape index (κ3) is 9.67. The molecule has 4 saturated heterocycles. The average molecular weight is 721 g/mol. The molecule has 0 saturated carbocycles. The standard InChI is InChI=1S/2C12H22O11.2H2O/c2*13-1-3-5(15)7(17)9(19)11(21-3)23-12-10(20)8(18)6(16)4(2-14)22-12;;/h2*3-20H,1-2H2;2*1H2/t2*3-,4-,5-,6-,7+,8+,9-,10-,11-,12-;;/m11../s1. The van der Waals surface area contributed by atoms with Gasteiger partial charge in [-0.15, -0.1) is 0 Å². The number of ether oxygens (including phenoxy) is 6. The monoisotopic (exact) mass is 720 g/mol. The highest BCUT2D eigenvalue weighted by atomic mass is 16.8. The predicted molar refractivity (Wildman–Crippen MR) is 144 cm³/mol. The molecule has 0 aromatic carbocycles. The highest BCUT2D eigenvalue weighted by Gasteiger charge is 2.51. The molecule has 0 spiro atoms. The van der Waals surface area contributed by atoms with Crippen LogP contribution in [0.4, 0.5) is 0 Å². The first-order valence-electron chi connectivity index (χ1n) is 14.2. The Kier molecular flexibility index (Phi) is 18.4. The van der Waals surface area contributed by atoms with Crippen molar-refractivity contribution in [2.24, 2.45) is 0 Å². The van der Waals surface area contributed by atoms with Crippen LogP contribution in [0.3, 0.4) is 0 Å². The van der Waals surface area contributed by atoms with Crippen molar-refractivity contribution in [1.29, 1.82) is 0 Å². The molecule has 20 N–H and O–H groups in total. The number of hydrogen-bond acceptors (Lipinski definition) is 22. The van der Waals surface area contributed by atoms with Crippen molar-refractivity contribution in [3.8, 4) is 0 Å². The summed E-state index contributed by atoms with van der Waals surface area (Å²) in [5.41, 5.74) is 0. The molecular weight excluding hydrogens is 672 g/mol. The summed E-state index contributed by atoms with van der Waals surface area (Å²) < 4.78 is 30.6. The lowest BCUT2D eigenvalue weighted by atomic mass is 9.98. The topological polar surface area (TPSA) is 442 Å². The lowest BCUT2D eigenvalue weighted by Crippen LogP contribution is -2.63. The summed E-state index contributed by atoms with van der Waals surface area (Å²) in [6.07, 6.45) is -31.2. The van der Waals surface area contributed by atoms with Crippen molar-refractivity contribution in [2.75, 3.05) is 26.4 Å². The molecule has 0 aliphatic carbocycles. The number of aliphatic hydroxyl groups excluding tert-OH is 16. The van der Waals surface area contributed by atoms with E-state index in [0.29, 0.717) is 0 Å². The first-order chi connectivity index (χ1) is 21.6. The van der Waals surface area contributed by atoms with Crippen LogP contribution in [0.5, 0.6) is 0 Å². The van der Waals surface area contributed by atoms with Crippen molar-refractivity contribution in [3.63, 3.8) is 0 Å². The zero-order chi connectivity index (χ0) is 34.6. The summed E-state index contributed by atoms with van der Waals surface area (Å²) in [5, 5.41) is 153. The van der Waals surface area contributed by atoms with E-state index in [1.165, 1.54) is 0 Å². The molecule has 0 radical (unpaired) electrons. The first-order valence-corrected chi connectivity index (χ1v) is 14.2. The van der Waals surface area contributed by atoms with E-state index in [0.717, 1.165) is 0 Å². The Hall–Kier alpha value is -0.960. The maximum Gasteiger partial charge on any atom is 0.189 e. The fourth-order valence-corrected chi connectivity index (χ4v) is 4.98. The van der Waals surface area contributed by atoms with Gasteiger partial charge in [0.05, 0.1) is 26.4 Å². The Morgan fingerprint density at radius 2 is 0.458 bits per heavy atom. The van der Waals surface area contributed by atoms with Gasteiger partial charge < -0.3 is 121 Å². The predicted octanol–water partition coefficient (Wildman–Crippen LogP) is -12.4. The van der Waals surface area contributed by atoms with Gasteiger partial charge in [-0.05, 0) is 0 Å². The van der Waals surface area contributed by atoms with Gasteiger partial charge in [-0.1, -0.05) is 0 Å². The second kappa shape index (κ2) is 19.6. The molecular formula is C24H48O24. The van der Waals surface area contributed by atoms with Gasteiger partial charge in [0, 0.05) is 0 Å². The van der Waals surface area contributed by atoms with Crippen LogP contribution in [0.25, 0.3) is 0 Å². The van der Waals surface area contributed by atoms with Crippen LogP contribution in [0.2, 0.25) is 0 Å². The van der Waals surface area contributed by atoms with Crippen LogP contribution >= 0.6 is 0 Å². The largest absolute Gasteiger partial charge is 0.412 e. The van der Waals surface area contributed by atoms with Gasteiger partial charge in [0.25, 0.3) is 0 Å². The van der Waals surface area contributed by atoms with Gasteiger partial charge in [0.2, 0.25) is 0 Å². The lowest BCUT2D eigenvalue weighted by Gasteiger charge is -2.44. The normalized spacial score (nSPS) is 49.5. The molecule has 4 heterocycles. The smallest absolute Gasteiger partial charge is 0.189 e. The number of hydrogen-bond donors (Lipinski definition) is 16. The van der Waals surface area contributed by atoms with Gasteiger partial charge >= 0.3 is 0 Å². The molecule has 0 amide bonds. The minimum Gasteiger partial charge on any atom is -0.412 e. The van der Waals surface area contributed by atoms with Gasteiger partial charge in [-0.2, -0.15) is 0 Å². The molecule has 20 atom stereocenters. The third-order valence-electron chi connectivity index (χ3n) is 7.93. The zero-order valence-corrected chi connectivity index (χ0v) is 25.0.